The van der Waals surface area contributed by atoms with E-state index in [1.54, 1.807) is 18.1 Å². The molecule has 1 saturated carbocycles. The van der Waals surface area contributed by atoms with Crippen LogP contribution in [0.3, 0.4) is 0 Å². The smallest absolute Gasteiger partial charge is 0.325 e. The molecular weight excluding hydrogens is 444 g/mol. The van der Waals surface area contributed by atoms with Gasteiger partial charge in [-0.2, -0.15) is 0 Å². The average Bonchev–Trinajstić information content (AvgIpc) is 3.04. The zero-order valence-electron chi connectivity index (χ0n) is 19.4. The molecule has 1 N–H and O–H groups in total. The highest BCUT2D eigenvalue weighted by Crippen LogP contribution is 2.37. The molecule has 0 radical (unpaired) electrons. The van der Waals surface area contributed by atoms with Gasteiger partial charge in [-0.3, -0.25) is 19.4 Å². The van der Waals surface area contributed by atoms with Gasteiger partial charge in [0.15, 0.2) is 0 Å². The van der Waals surface area contributed by atoms with Gasteiger partial charge in [0.2, 0.25) is 5.91 Å². The molecule has 1 aromatic carbocycles. The second-order valence-electron chi connectivity index (χ2n) is 9.37. The van der Waals surface area contributed by atoms with Crippen molar-refractivity contribution in [2.45, 2.75) is 51.1 Å². The maximum atomic E-state index is 13.1. The lowest BCUT2D eigenvalue weighted by atomic mass is 9.75. The number of nitrogens with one attached hydrogen (secondary N) is 1. The Morgan fingerprint density at radius 2 is 1.88 bits per heavy atom. The zero-order chi connectivity index (χ0) is 23.6. The molecule has 1 spiro atoms. The van der Waals surface area contributed by atoms with E-state index in [0.29, 0.717) is 56.5 Å². The van der Waals surface area contributed by atoms with Crippen LogP contribution in [0.4, 0.5) is 4.79 Å². The molecule has 33 heavy (non-hydrogen) atoms. The zero-order valence-corrected chi connectivity index (χ0v) is 20.2. The predicted octanol–water partition coefficient (Wildman–Crippen LogP) is 2.88. The Bertz CT molecular complexity index is 908. The molecule has 0 atom stereocenters. The van der Waals surface area contributed by atoms with Crippen LogP contribution in [-0.2, 0) is 16.1 Å². The van der Waals surface area contributed by atoms with Crippen molar-refractivity contribution >= 4 is 29.4 Å². The fourth-order valence-corrected chi connectivity index (χ4v) is 5.43. The Hall–Kier alpha value is -2.32. The van der Waals surface area contributed by atoms with Gasteiger partial charge in [-0.1, -0.05) is 24.9 Å². The molecule has 2 heterocycles. The molecule has 8 nitrogen and oxygen atoms in total. The molecule has 3 aliphatic rings. The first-order valence-corrected chi connectivity index (χ1v) is 12.2. The third-order valence-electron chi connectivity index (χ3n) is 7.44. The van der Waals surface area contributed by atoms with E-state index >= 15 is 0 Å². The van der Waals surface area contributed by atoms with Crippen LogP contribution in [0.2, 0.25) is 5.02 Å². The first kappa shape index (κ1) is 23.8. The number of hydrogen-bond acceptors (Lipinski definition) is 5. The average molecular weight is 477 g/mol. The number of benzene rings is 1. The van der Waals surface area contributed by atoms with E-state index in [9.17, 15) is 14.4 Å². The number of ether oxygens (including phenoxy) is 1. The molecule has 3 fully saturated rings. The van der Waals surface area contributed by atoms with E-state index in [-0.39, 0.29) is 18.4 Å². The Morgan fingerprint density at radius 3 is 2.52 bits per heavy atom. The molecule has 0 bridgehead atoms. The van der Waals surface area contributed by atoms with E-state index in [4.69, 9.17) is 16.3 Å². The molecule has 1 aliphatic carbocycles. The maximum absolute atomic E-state index is 13.1. The number of amides is 4. The molecule has 0 unspecified atom stereocenters. The predicted molar refractivity (Wildman–Crippen MR) is 125 cm³/mol. The number of piperazine rings is 1. The number of carbonyl (C=O) groups is 3. The van der Waals surface area contributed by atoms with Crippen LogP contribution >= 0.6 is 11.6 Å². The molecular formula is C24H33ClN4O4. The van der Waals surface area contributed by atoms with Gasteiger partial charge in [0.1, 0.15) is 17.8 Å². The third-order valence-corrected chi connectivity index (χ3v) is 7.67. The van der Waals surface area contributed by atoms with Gasteiger partial charge in [-0.15, -0.1) is 0 Å². The van der Waals surface area contributed by atoms with Crippen molar-refractivity contribution < 1.29 is 19.1 Å². The van der Waals surface area contributed by atoms with Crippen molar-refractivity contribution in [1.29, 1.82) is 0 Å². The fourth-order valence-electron chi connectivity index (χ4n) is 5.24. The van der Waals surface area contributed by atoms with Crippen molar-refractivity contribution in [3.05, 3.63) is 28.8 Å². The van der Waals surface area contributed by atoms with Crippen molar-refractivity contribution in [3.63, 3.8) is 0 Å². The van der Waals surface area contributed by atoms with Crippen LogP contribution in [0.25, 0.3) is 0 Å². The first-order valence-electron chi connectivity index (χ1n) is 11.8. The van der Waals surface area contributed by atoms with Gasteiger partial charge in [0.25, 0.3) is 5.91 Å². The Kier molecular flexibility index (Phi) is 7.14. The topological polar surface area (TPSA) is 82.2 Å². The van der Waals surface area contributed by atoms with Crippen molar-refractivity contribution in [2.24, 2.45) is 5.92 Å². The van der Waals surface area contributed by atoms with E-state index in [2.05, 4.69) is 17.1 Å². The largest absolute Gasteiger partial charge is 0.496 e. The number of halogens is 1. The van der Waals surface area contributed by atoms with Gasteiger partial charge in [0.05, 0.1) is 7.11 Å². The molecule has 1 aromatic rings. The van der Waals surface area contributed by atoms with Crippen LogP contribution in [0, 0.1) is 5.92 Å². The standard InChI is InChI=1S/C24H33ClN4O4/c1-3-17-6-8-24(9-7-17)22(31)29(23(32)26-24)16-21(30)28-12-10-27(11-13-28)15-18-14-19(25)4-5-20(18)33-2/h4-5,14,17H,3,6-13,15-16H2,1-2H3,(H,26,32). The Balaban J connectivity index is 1.30. The summed E-state index contributed by atoms with van der Waals surface area (Å²) in [6, 6.07) is 5.13. The maximum Gasteiger partial charge on any atom is 0.325 e. The van der Waals surface area contributed by atoms with E-state index < -0.39 is 11.6 Å². The summed E-state index contributed by atoms with van der Waals surface area (Å²) in [5.41, 5.74) is 0.199. The number of rotatable bonds is 6. The molecule has 4 amide bonds. The van der Waals surface area contributed by atoms with Gasteiger partial charge >= 0.3 is 6.03 Å². The minimum absolute atomic E-state index is 0.183. The van der Waals surface area contributed by atoms with Gasteiger partial charge in [-0.05, 0) is 49.8 Å². The lowest BCUT2D eigenvalue weighted by Crippen LogP contribution is -2.52. The molecule has 2 saturated heterocycles. The highest BCUT2D eigenvalue weighted by Gasteiger charge is 2.52. The molecule has 180 valence electrons. The quantitative estimate of drug-likeness (QED) is 0.638. The normalized spacial score (nSPS) is 26.1. The van der Waals surface area contributed by atoms with Crippen LogP contribution in [-0.4, -0.2) is 77.9 Å². The fraction of sp³-hybridized carbons (Fsp3) is 0.625. The second kappa shape index (κ2) is 9.89. The number of carbonyl (C=O) groups excluding carboxylic acids is 3. The Morgan fingerprint density at radius 1 is 1.18 bits per heavy atom. The van der Waals surface area contributed by atoms with E-state index in [1.165, 1.54) is 0 Å². The van der Waals surface area contributed by atoms with Crippen molar-refractivity contribution in [2.75, 3.05) is 39.8 Å². The SMILES string of the molecule is CCC1CCC2(CC1)NC(=O)N(CC(=O)N1CCN(Cc3cc(Cl)ccc3OC)CC1)C2=O. The lowest BCUT2D eigenvalue weighted by Gasteiger charge is -2.36. The summed E-state index contributed by atoms with van der Waals surface area (Å²) in [5, 5.41) is 3.57. The minimum Gasteiger partial charge on any atom is -0.496 e. The van der Waals surface area contributed by atoms with Crippen molar-refractivity contribution in [1.82, 2.24) is 20.0 Å². The Labute approximate surface area is 200 Å². The van der Waals surface area contributed by atoms with Gasteiger partial charge in [-0.25, -0.2) is 4.79 Å². The van der Waals surface area contributed by atoms with Crippen LogP contribution in [0.15, 0.2) is 18.2 Å². The third kappa shape index (κ3) is 4.96. The van der Waals surface area contributed by atoms with E-state index in [0.717, 1.165) is 35.5 Å². The molecule has 9 heteroatoms. The number of imide groups is 1. The number of hydrogen-bond donors (Lipinski definition) is 1. The van der Waals surface area contributed by atoms with Gasteiger partial charge in [0, 0.05) is 43.3 Å². The summed E-state index contributed by atoms with van der Waals surface area (Å²) >= 11 is 6.14. The number of nitrogens with zero attached hydrogens (tertiary/aromatic N) is 3. The summed E-state index contributed by atoms with van der Waals surface area (Å²) < 4.78 is 5.43. The monoisotopic (exact) mass is 476 g/mol. The molecule has 4 rings (SSSR count). The summed E-state index contributed by atoms with van der Waals surface area (Å²) in [6.07, 6.45) is 4.28. The number of methoxy groups -OCH3 is 1. The number of urea groups is 1. The summed E-state index contributed by atoms with van der Waals surface area (Å²) in [6.45, 7) is 5.15. The minimum atomic E-state index is -0.808. The van der Waals surface area contributed by atoms with Crippen LogP contribution in [0.1, 0.15) is 44.6 Å². The summed E-state index contributed by atoms with van der Waals surface area (Å²) in [4.78, 5) is 43.7. The van der Waals surface area contributed by atoms with Crippen LogP contribution < -0.4 is 10.1 Å². The second-order valence-corrected chi connectivity index (χ2v) is 9.80. The highest BCUT2D eigenvalue weighted by molar-refractivity contribution is 6.30. The molecule has 0 aromatic heterocycles. The first-order chi connectivity index (χ1) is 15.8. The van der Waals surface area contributed by atoms with E-state index in [1.807, 2.05) is 12.1 Å². The molecule has 2 aliphatic heterocycles. The van der Waals surface area contributed by atoms with Crippen molar-refractivity contribution in [3.8, 4) is 5.75 Å². The van der Waals surface area contributed by atoms with Crippen LogP contribution in [0.5, 0.6) is 5.75 Å². The summed E-state index contributed by atoms with van der Waals surface area (Å²) in [7, 11) is 1.64. The summed E-state index contributed by atoms with van der Waals surface area (Å²) in [5.74, 6) is 0.984. The lowest BCUT2D eigenvalue weighted by molar-refractivity contribution is -0.140. The van der Waals surface area contributed by atoms with Gasteiger partial charge < -0.3 is 15.0 Å². The highest BCUT2D eigenvalue weighted by atomic mass is 35.5.